The number of rotatable bonds is 7. The van der Waals surface area contributed by atoms with E-state index in [0.717, 1.165) is 0 Å². The fraction of sp³-hybridized carbons (Fsp3) is 0.706. The molecule has 24 heavy (non-hydrogen) atoms. The van der Waals surface area contributed by atoms with Crippen LogP contribution in [0.25, 0.3) is 0 Å². The van der Waals surface area contributed by atoms with Crippen molar-refractivity contribution in [1.82, 2.24) is 15.1 Å². The van der Waals surface area contributed by atoms with Crippen molar-refractivity contribution >= 4 is 18.2 Å². The number of piperidine rings is 1. The normalized spacial score (nSPS) is 17.6. The van der Waals surface area contributed by atoms with E-state index in [1.807, 2.05) is 19.9 Å². The number of likely N-dealkylation sites (N-methyl/N-ethyl adjacent to an activating group) is 1. The van der Waals surface area contributed by atoms with Gasteiger partial charge in [-0.2, -0.15) is 0 Å². The number of amides is 3. The molecule has 0 bridgehead atoms. The Morgan fingerprint density at radius 1 is 1.33 bits per heavy atom. The number of carbonyl (C=O) groups excluding carboxylic acids is 3. The topological polar surface area (TPSA) is 90.0 Å². The van der Waals surface area contributed by atoms with Crippen LogP contribution in [0, 0.1) is 5.92 Å². The summed E-state index contributed by atoms with van der Waals surface area (Å²) in [5.41, 5.74) is 0.591. The molecule has 0 saturated carbocycles. The van der Waals surface area contributed by atoms with Gasteiger partial charge in [0.05, 0.1) is 18.7 Å². The van der Waals surface area contributed by atoms with E-state index in [-0.39, 0.29) is 36.4 Å². The van der Waals surface area contributed by atoms with Crippen molar-refractivity contribution in [3.05, 3.63) is 11.6 Å². The van der Waals surface area contributed by atoms with Crippen molar-refractivity contribution in [2.45, 2.75) is 45.8 Å². The van der Waals surface area contributed by atoms with Crippen LogP contribution < -0.4 is 5.32 Å². The van der Waals surface area contributed by atoms with E-state index in [9.17, 15) is 19.5 Å². The van der Waals surface area contributed by atoms with E-state index in [1.165, 1.54) is 0 Å². The lowest BCUT2D eigenvalue weighted by Crippen LogP contribution is -2.44. The van der Waals surface area contributed by atoms with Crippen LogP contribution in [0.3, 0.4) is 0 Å². The summed E-state index contributed by atoms with van der Waals surface area (Å²) in [6.07, 6.45) is 3.18. The standard InChI is InChI=1S/C17H29N3O4/c1-12(2)15(19(4)16(23)10-18-11-21)9-13(3)17(24)20-7-5-14(22)6-8-20/h9,11-12,14-15,22H,5-8,10H2,1-4H3,(H,18,21)/b13-9+/t15-/m1/s1. The molecule has 7 heteroatoms. The third-order valence-corrected chi connectivity index (χ3v) is 4.37. The van der Waals surface area contributed by atoms with Crippen LogP contribution in [0.1, 0.15) is 33.6 Å². The second kappa shape index (κ2) is 9.42. The zero-order chi connectivity index (χ0) is 18.3. The molecule has 0 radical (unpaired) electrons. The quantitative estimate of drug-likeness (QED) is 0.510. The monoisotopic (exact) mass is 339 g/mol. The van der Waals surface area contributed by atoms with E-state index in [4.69, 9.17) is 0 Å². The first-order valence-corrected chi connectivity index (χ1v) is 8.36. The Bertz CT molecular complexity index is 482. The van der Waals surface area contributed by atoms with Crippen molar-refractivity contribution in [2.24, 2.45) is 5.92 Å². The summed E-state index contributed by atoms with van der Waals surface area (Å²) in [6.45, 7) is 6.75. The number of aliphatic hydroxyl groups is 1. The van der Waals surface area contributed by atoms with Crippen LogP contribution >= 0.6 is 0 Å². The highest BCUT2D eigenvalue weighted by atomic mass is 16.3. The highest BCUT2D eigenvalue weighted by molar-refractivity contribution is 5.93. The molecule has 0 aromatic rings. The van der Waals surface area contributed by atoms with Crippen LogP contribution in [0.15, 0.2) is 11.6 Å². The third-order valence-electron chi connectivity index (χ3n) is 4.37. The lowest BCUT2D eigenvalue weighted by atomic mass is 9.99. The van der Waals surface area contributed by atoms with Gasteiger partial charge in [0.1, 0.15) is 0 Å². The van der Waals surface area contributed by atoms with Crippen molar-refractivity contribution in [1.29, 1.82) is 0 Å². The summed E-state index contributed by atoms with van der Waals surface area (Å²) >= 11 is 0. The second-order valence-corrected chi connectivity index (χ2v) is 6.61. The lowest BCUT2D eigenvalue weighted by Gasteiger charge is -2.32. The van der Waals surface area contributed by atoms with Gasteiger partial charge >= 0.3 is 0 Å². The molecule has 0 aromatic heterocycles. The van der Waals surface area contributed by atoms with Gasteiger partial charge in [-0.05, 0) is 25.7 Å². The van der Waals surface area contributed by atoms with Gasteiger partial charge in [-0.25, -0.2) is 0 Å². The van der Waals surface area contributed by atoms with Gasteiger partial charge in [0.25, 0.3) is 0 Å². The molecule has 1 rings (SSSR count). The highest BCUT2D eigenvalue weighted by Crippen LogP contribution is 2.17. The van der Waals surface area contributed by atoms with Gasteiger partial charge in [-0.1, -0.05) is 19.9 Å². The van der Waals surface area contributed by atoms with Gasteiger partial charge in [0.15, 0.2) is 0 Å². The largest absolute Gasteiger partial charge is 0.393 e. The van der Waals surface area contributed by atoms with E-state index in [2.05, 4.69) is 5.32 Å². The number of nitrogens with zero attached hydrogens (tertiary/aromatic N) is 2. The third kappa shape index (κ3) is 5.63. The van der Waals surface area contributed by atoms with Crippen LogP contribution in [0.4, 0.5) is 0 Å². The van der Waals surface area contributed by atoms with Crippen LogP contribution in [0.5, 0.6) is 0 Å². The first-order chi connectivity index (χ1) is 11.3. The minimum atomic E-state index is -0.323. The number of nitrogens with one attached hydrogen (secondary N) is 1. The van der Waals surface area contributed by atoms with E-state index >= 15 is 0 Å². The number of hydrogen-bond acceptors (Lipinski definition) is 4. The Morgan fingerprint density at radius 2 is 1.92 bits per heavy atom. The molecule has 1 aliphatic heterocycles. The highest BCUT2D eigenvalue weighted by Gasteiger charge is 2.25. The molecule has 1 heterocycles. The number of carbonyl (C=O) groups is 3. The molecular weight excluding hydrogens is 310 g/mol. The maximum atomic E-state index is 12.5. The summed E-state index contributed by atoms with van der Waals surface area (Å²) in [5.74, 6) is -0.140. The second-order valence-electron chi connectivity index (χ2n) is 6.61. The van der Waals surface area contributed by atoms with Gasteiger partial charge in [0.2, 0.25) is 18.2 Å². The molecule has 2 N–H and O–H groups in total. The molecule has 1 fully saturated rings. The van der Waals surface area contributed by atoms with Crippen LogP contribution in [-0.4, -0.2) is 72.0 Å². The minimum Gasteiger partial charge on any atom is -0.393 e. The summed E-state index contributed by atoms with van der Waals surface area (Å²) in [4.78, 5) is 38.3. The predicted molar refractivity (Wildman–Crippen MR) is 91.0 cm³/mol. The van der Waals surface area contributed by atoms with Crippen LogP contribution in [-0.2, 0) is 14.4 Å². The summed E-state index contributed by atoms with van der Waals surface area (Å²) in [5, 5.41) is 11.9. The number of aliphatic hydroxyl groups excluding tert-OH is 1. The smallest absolute Gasteiger partial charge is 0.249 e. The fourth-order valence-corrected chi connectivity index (χ4v) is 2.82. The molecule has 1 atom stereocenters. The Kier molecular flexibility index (Phi) is 7.91. The van der Waals surface area contributed by atoms with Gasteiger partial charge in [-0.15, -0.1) is 0 Å². The SMILES string of the molecule is C/C(=C\[C@H](C(C)C)N(C)C(=O)CNC=O)C(=O)N1CCC(O)CC1. The van der Waals surface area contributed by atoms with Crippen LogP contribution in [0.2, 0.25) is 0 Å². The van der Waals surface area contributed by atoms with Gasteiger partial charge in [-0.3, -0.25) is 14.4 Å². The molecule has 0 aromatic carbocycles. The molecule has 3 amide bonds. The maximum Gasteiger partial charge on any atom is 0.249 e. The molecular formula is C17H29N3O4. The zero-order valence-electron chi connectivity index (χ0n) is 15.0. The predicted octanol–water partition coefficient (Wildman–Crippen LogP) is 0.145. The van der Waals surface area contributed by atoms with Crippen molar-refractivity contribution in [3.8, 4) is 0 Å². The van der Waals surface area contributed by atoms with E-state index in [0.29, 0.717) is 37.9 Å². The summed E-state index contributed by atoms with van der Waals surface area (Å²) in [7, 11) is 1.67. The zero-order valence-corrected chi connectivity index (χ0v) is 15.0. The first-order valence-electron chi connectivity index (χ1n) is 8.36. The Balaban J connectivity index is 2.80. The average molecular weight is 339 g/mol. The van der Waals surface area contributed by atoms with Crippen molar-refractivity contribution in [2.75, 3.05) is 26.7 Å². The Labute approximate surface area is 143 Å². The Hall–Kier alpha value is -1.89. The number of likely N-dealkylation sites (tertiary alicyclic amines) is 1. The van der Waals surface area contributed by atoms with Crippen molar-refractivity contribution in [3.63, 3.8) is 0 Å². The molecule has 136 valence electrons. The van der Waals surface area contributed by atoms with Gasteiger partial charge < -0.3 is 20.2 Å². The van der Waals surface area contributed by atoms with E-state index in [1.54, 1.807) is 23.8 Å². The first kappa shape index (κ1) is 20.2. The fourth-order valence-electron chi connectivity index (χ4n) is 2.82. The molecule has 0 aliphatic carbocycles. The summed E-state index contributed by atoms with van der Waals surface area (Å²) < 4.78 is 0. The Morgan fingerprint density at radius 3 is 2.42 bits per heavy atom. The molecule has 0 unspecified atom stereocenters. The lowest BCUT2D eigenvalue weighted by molar-refractivity contribution is -0.132. The molecule has 7 nitrogen and oxygen atoms in total. The minimum absolute atomic E-state index is 0.0561. The van der Waals surface area contributed by atoms with Gasteiger partial charge in [0, 0.05) is 25.7 Å². The molecule has 1 saturated heterocycles. The summed E-state index contributed by atoms with van der Waals surface area (Å²) in [6, 6.07) is -0.231. The molecule has 1 aliphatic rings. The maximum absolute atomic E-state index is 12.5. The van der Waals surface area contributed by atoms with Crippen molar-refractivity contribution < 1.29 is 19.5 Å². The van der Waals surface area contributed by atoms with E-state index < -0.39 is 0 Å². The average Bonchev–Trinajstić information content (AvgIpc) is 2.56. The molecule has 0 spiro atoms. The number of hydrogen-bond donors (Lipinski definition) is 2.